The predicted octanol–water partition coefficient (Wildman–Crippen LogP) is 1.30. The lowest BCUT2D eigenvalue weighted by molar-refractivity contribution is 0.0959. The molecule has 0 spiro atoms. The molecule has 3 saturated heterocycles. The second kappa shape index (κ2) is 5.68. The minimum Gasteiger partial charge on any atom is -0.313 e. The van der Waals surface area contributed by atoms with Crippen molar-refractivity contribution in [3.8, 4) is 0 Å². The summed E-state index contributed by atoms with van der Waals surface area (Å²) < 4.78 is 0. The van der Waals surface area contributed by atoms with Crippen LogP contribution in [0.15, 0.2) is 0 Å². The van der Waals surface area contributed by atoms with Crippen molar-refractivity contribution >= 4 is 0 Å². The summed E-state index contributed by atoms with van der Waals surface area (Å²) >= 11 is 0. The standard InChI is InChI=1S/C14H27N3/c1-2-5-13(15-7-3-1)11-16-9-10-17-8-4-6-14(17)12-16/h13-15H,1-12H2. The summed E-state index contributed by atoms with van der Waals surface area (Å²) in [6.07, 6.45) is 8.51. The molecule has 17 heavy (non-hydrogen) atoms. The molecular formula is C14H27N3. The Balaban J connectivity index is 1.48. The summed E-state index contributed by atoms with van der Waals surface area (Å²) in [4.78, 5) is 5.42. The van der Waals surface area contributed by atoms with Crippen LogP contribution in [0.3, 0.4) is 0 Å². The Morgan fingerprint density at radius 1 is 0.941 bits per heavy atom. The topological polar surface area (TPSA) is 18.5 Å². The van der Waals surface area contributed by atoms with Crippen LogP contribution in [-0.2, 0) is 0 Å². The molecule has 3 heterocycles. The Morgan fingerprint density at radius 3 is 2.94 bits per heavy atom. The van der Waals surface area contributed by atoms with E-state index in [0.29, 0.717) is 0 Å². The van der Waals surface area contributed by atoms with Crippen LogP contribution < -0.4 is 5.32 Å². The van der Waals surface area contributed by atoms with Gasteiger partial charge in [0.1, 0.15) is 0 Å². The van der Waals surface area contributed by atoms with E-state index in [0.717, 1.165) is 12.1 Å². The van der Waals surface area contributed by atoms with Crippen LogP contribution in [0, 0.1) is 0 Å². The highest BCUT2D eigenvalue weighted by Crippen LogP contribution is 2.22. The summed E-state index contributed by atoms with van der Waals surface area (Å²) in [6.45, 7) is 7.85. The van der Waals surface area contributed by atoms with Gasteiger partial charge in [-0.2, -0.15) is 0 Å². The molecule has 0 amide bonds. The summed E-state index contributed by atoms with van der Waals surface area (Å²) in [5.74, 6) is 0. The van der Waals surface area contributed by atoms with Gasteiger partial charge in [-0.25, -0.2) is 0 Å². The SMILES string of the molecule is C1CCNC(CN2CCN3CCCC3C2)CC1. The summed E-state index contributed by atoms with van der Waals surface area (Å²) in [6, 6.07) is 1.65. The zero-order valence-corrected chi connectivity index (χ0v) is 11.0. The number of piperazine rings is 1. The quantitative estimate of drug-likeness (QED) is 0.781. The van der Waals surface area contributed by atoms with Gasteiger partial charge in [-0.1, -0.05) is 12.8 Å². The van der Waals surface area contributed by atoms with Crippen LogP contribution in [0.1, 0.15) is 38.5 Å². The first-order valence-electron chi connectivity index (χ1n) is 7.61. The third kappa shape index (κ3) is 3.01. The Morgan fingerprint density at radius 2 is 1.94 bits per heavy atom. The van der Waals surface area contributed by atoms with Crippen molar-refractivity contribution in [2.45, 2.75) is 50.6 Å². The molecule has 0 aromatic carbocycles. The monoisotopic (exact) mass is 237 g/mol. The van der Waals surface area contributed by atoms with Gasteiger partial charge in [-0.15, -0.1) is 0 Å². The molecule has 3 heteroatoms. The zero-order valence-electron chi connectivity index (χ0n) is 11.0. The van der Waals surface area contributed by atoms with Gasteiger partial charge in [0.2, 0.25) is 0 Å². The molecule has 3 fully saturated rings. The minimum atomic E-state index is 0.769. The molecule has 0 radical (unpaired) electrons. The first-order valence-corrected chi connectivity index (χ1v) is 7.61. The summed E-state index contributed by atoms with van der Waals surface area (Å²) in [5, 5.41) is 3.73. The molecule has 0 saturated carbocycles. The molecule has 98 valence electrons. The van der Waals surface area contributed by atoms with Crippen LogP contribution in [0.2, 0.25) is 0 Å². The van der Waals surface area contributed by atoms with Gasteiger partial charge in [0, 0.05) is 38.3 Å². The Bertz CT molecular complexity index is 236. The van der Waals surface area contributed by atoms with Crippen LogP contribution in [-0.4, -0.2) is 61.2 Å². The molecule has 0 bridgehead atoms. The zero-order chi connectivity index (χ0) is 11.5. The van der Waals surface area contributed by atoms with Gasteiger partial charge in [0.15, 0.2) is 0 Å². The maximum Gasteiger partial charge on any atom is 0.0224 e. The first-order chi connectivity index (χ1) is 8.42. The number of hydrogen-bond acceptors (Lipinski definition) is 3. The molecule has 3 aliphatic rings. The number of rotatable bonds is 2. The van der Waals surface area contributed by atoms with Crippen LogP contribution >= 0.6 is 0 Å². The van der Waals surface area contributed by atoms with E-state index < -0.39 is 0 Å². The van der Waals surface area contributed by atoms with Gasteiger partial charge in [0.25, 0.3) is 0 Å². The van der Waals surface area contributed by atoms with E-state index in [4.69, 9.17) is 0 Å². The predicted molar refractivity (Wildman–Crippen MR) is 71.3 cm³/mol. The molecule has 3 nitrogen and oxygen atoms in total. The number of nitrogens with one attached hydrogen (secondary N) is 1. The van der Waals surface area contributed by atoms with Gasteiger partial charge < -0.3 is 5.32 Å². The second-order valence-corrected chi connectivity index (χ2v) is 6.09. The molecule has 0 aromatic rings. The third-order valence-electron chi connectivity index (χ3n) is 4.81. The normalized spacial score (nSPS) is 36.7. The smallest absolute Gasteiger partial charge is 0.0224 e. The van der Waals surface area contributed by atoms with E-state index >= 15 is 0 Å². The Hall–Kier alpha value is -0.120. The second-order valence-electron chi connectivity index (χ2n) is 6.09. The fraction of sp³-hybridized carbons (Fsp3) is 1.00. The van der Waals surface area contributed by atoms with E-state index in [1.807, 2.05) is 0 Å². The van der Waals surface area contributed by atoms with Gasteiger partial charge in [-0.05, 0) is 38.8 Å². The van der Waals surface area contributed by atoms with Crippen molar-refractivity contribution < 1.29 is 0 Å². The van der Waals surface area contributed by atoms with Crippen molar-refractivity contribution in [2.24, 2.45) is 0 Å². The lowest BCUT2D eigenvalue weighted by atomic mass is 10.1. The van der Waals surface area contributed by atoms with Crippen molar-refractivity contribution in [2.75, 3.05) is 39.3 Å². The van der Waals surface area contributed by atoms with Gasteiger partial charge >= 0.3 is 0 Å². The lowest BCUT2D eigenvalue weighted by Crippen LogP contribution is -2.53. The van der Waals surface area contributed by atoms with Crippen LogP contribution in [0.4, 0.5) is 0 Å². The number of fused-ring (bicyclic) bond motifs is 1. The highest BCUT2D eigenvalue weighted by atomic mass is 15.3. The van der Waals surface area contributed by atoms with E-state index in [1.54, 1.807) is 0 Å². The maximum absolute atomic E-state index is 3.73. The van der Waals surface area contributed by atoms with Crippen LogP contribution in [0.5, 0.6) is 0 Å². The summed E-state index contributed by atoms with van der Waals surface area (Å²) in [7, 11) is 0. The number of nitrogens with zero attached hydrogens (tertiary/aromatic N) is 2. The van der Waals surface area contributed by atoms with Gasteiger partial charge in [0.05, 0.1) is 0 Å². The third-order valence-corrected chi connectivity index (χ3v) is 4.81. The molecule has 0 aliphatic carbocycles. The highest BCUT2D eigenvalue weighted by Gasteiger charge is 2.31. The first kappa shape index (κ1) is 11.9. The average Bonchev–Trinajstić information content (AvgIpc) is 2.65. The largest absolute Gasteiger partial charge is 0.313 e. The molecule has 3 rings (SSSR count). The average molecular weight is 237 g/mol. The minimum absolute atomic E-state index is 0.769. The van der Waals surface area contributed by atoms with E-state index in [2.05, 4.69) is 15.1 Å². The Labute approximate surface area is 106 Å². The number of hydrogen-bond donors (Lipinski definition) is 1. The molecule has 0 aromatic heterocycles. The van der Waals surface area contributed by atoms with Crippen molar-refractivity contribution in [1.29, 1.82) is 0 Å². The Kier molecular flexibility index (Phi) is 3.99. The molecule has 2 atom stereocenters. The van der Waals surface area contributed by atoms with Gasteiger partial charge in [-0.3, -0.25) is 9.80 Å². The molecule has 2 unspecified atom stereocenters. The molecule has 1 N–H and O–H groups in total. The molecular weight excluding hydrogens is 210 g/mol. The van der Waals surface area contributed by atoms with Crippen molar-refractivity contribution in [3.63, 3.8) is 0 Å². The maximum atomic E-state index is 3.73. The fourth-order valence-corrected chi connectivity index (χ4v) is 3.79. The van der Waals surface area contributed by atoms with Crippen LogP contribution in [0.25, 0.3) is 0 Å². The lowest BCUT2D eigenvalue weighted by Gasteiger charge is -2.39. The van der Waals surface area contributed by atoms with E-state index in [1.165, 1.54) is 77.8 Å². The fourth-order valence-electron chi connectivity index (χ4n) is 3.79. The molecule has 3 aliphatic heterocycles. The van der Waals surface area contributed by atoms with E-state index in [9.17, 15) is 0 Å². The highest BCUT2D eigenvalue weighted by molar-refractivity contribution is 4.88. The van der Waals surface area contributed by atoms with E-state index in [-0.39, 0.29) is 0 Å². The van der Waals surface area contributed by atoms with Crippen molar-refractivity contribution in [1.82, 2.24) is 15.1 Å². The summed E-state index contributed by atoms with van der Waals surface area (Å²) in [5.41, 5.74) is 0. The van der Waals surface area contributed by atoms with Crippen molar-refractivity contribution in [3.05, 3.63) is 0 Å².